The fourth-order valence-corrected chi connectivity index (χ4v) is 7.03. The number of ether oxygens (including phenoxy) is 2. The molecule has 3 aliphatic rings. The summed E-state index contributed by atoms with van der Waals surface area (Å²) >= 11 is 0. The van der Waals surface area contributed by atoms with Crippen LogP contribution in [0, 0.1) is 18.3 Å². The lowest BCUT2D eigenvalue weighted by Crippen LogP contribution is -2.42. The molecule has 0 radical (unpaired) electrons. The van der Waals surface area contributed by atoms with Gasteiger partial charge in [0.05, 0.1) is 12.1 Å². The number of piperidine rings is 1. The van der Waals surface area contributed by atoms with Gasteiger partial charge in [-0.2, -0.15) is 0 Å². The van der Waals surface area contributed by atoms with E-state index in [4.69, 9.17) is 15.9 Å². The van der Waals surface area contributed by atoms with Gasteiger partial charge in [0.1, 0.15) is 17.1 Å². The minimum Gasteiger partial charge on any atom is -0.483 e. The molecule has 41 heavy (non-hydrogen) atoms. The van der Waals surface area contributed by atoms with Gasteiger partial charge < -0.3 is 14.4 Å². The molecule has 1 saturated heterocycles. The summed E-state index contributed by atoms with van der Waals surface area (Å²) < 4.78 is 13.0. The molecule has 1 aromatic carbocycles. The van der Waals surface area contributed by atoms with Crippen LogP contribution in [-0.2, 0) is 4.79 Å². The van der Waals surface area contributed by atoms with Gasteiger partial charge in [0.2, 0.25) is 0 Å². The van der Waals surface area contributed by atoms with Gasteiger partial charge in [0.25, 0.3) is 0 Å². The Kier molecular flexibility index (Phi) is 11.0. The first kappa shape index (κ1) is 31.6. The molecule has 1 fully saturated rings. The average Bonchev–Trinajstić information content (AvgIpc) is 2.93. The Morgan fingerprint density at radius 2 is 2.00 bits per heavy atom. The van der Waals surface area contributed by atoms with E-state index in [9.17, 15) is 4.79 Å². The smallest absolute Gasteiger partial charge is 0.311 e. The van der Waals surface area contributed by atoms with Crippen molar-refractivity contribution in [1.29, 1.82) is 0 Å². The number of unbranched alkanes of at least 4 members (excludes halogenated alkanes) is 2. The minimum absolute atomic E-state index is 0.152. The summed E-state index contributed by atoms with van der Waals surface area (Å²) in [5.74, 6) is 5.03. The number of esters is 1. The molecule has 5 nitrogen and oxygen atoms in total. The quantitative estimate of drug-likeness (QED) is 0.112. The van der Waals surface area contributed by atoms with Crippen molar-refractivity contribution >= 4 is 11.5 Å². The highest BCUT2D eigenvalue weighted by atomic mass is 16.5. The zero-order valence-electron chi connectivity index (χ0n) is 26.7. The van der Waals surface area contributed by atoms with Gasteiger partial charge in [-0.3, -0.25) is 9.69 Å². The second-order valence-electron chi connectivity index (χ2n) is 13.3. The molecule has 0 saturated carbocycles. The van der Waals surface area contributed by atoms with Crippen molar-refractivity contribution in [2.75, 3.05) is 32.7 Å². The van der Waals surface area contributed by atoms with Crippen molar-refractivity contribution in [2.24, 2.45) is 5.92 Å². The van der Waals surface area contributed by atoms with Crippen LogP contribution in [0.25, 0.3) is 5.57 Å². The second-order valence-corrected chi connectivity index (χ2v) is 13.3. The van der Waals surface area contributed by atoms with Crippen molar-refractivity contribution < 1.29 is 14.3 Å². The van der Waals surface area contributed by atoms with Crippen molar-refractivity contribution in [3.63, 3.8) is 0 Å². The van der Waals surface area contributed by atoms with E-state index in [0.29, 0.717) is 36.6 Å². The molecule has 226 valence electrons. The predicted octanol–water partition coefficient (Wildman–Crippen LogP) is 7.83. The Morgan fingerprint density at radius 1 is 1.20 bits per heavy atom. The van der Waals surface area contributed by atoms with Crippen LogP contribution < -0.4 is 9.47 Å². The van der Waals surface area contributed by atoms with Crippen LogP contribution in [0.5, 0.6) is 11.5 Å². The number of rotatable bonds is 12. The van der Waals surface area contributed by atoms with Gasteiger partial charge >= 0.3 is 5.97 Å². The number of hydrogen-bond acceptors (Lipinski definition) is 5. The van der Waals surface area contributed by atoms with Crippen molar-refractivity contribution in [2.45, 2.75) is 123 Å². The first-order chi connectivity index (χ1) is 19.6. The lowest BCUT2D eigenvalue weighted by Gasteiger charge is -2.42. The first-order valence-corrected chi connectivity index (χ1v) is 16.3. The van der Waals surface area contributed by atoms with E-state index < -0.39 is 5.60 Å². The van der Waals surface area contributed by atoms with Gasteiger partial charge in [0.15, 0.2) is 0 Å². The van der Waals surface area contributed by atoms with Gasteiger partial charge in [0, 0.05) is 25.6 Å². The third-order valence-corrected chi connectivity index (χ3v) is 9.85. The topological polar surface area (TPSA) is 42.0 Å². The monoisotopic (exact) mass is 562 g/mol. The lowest BCUT2D eigenvalue weighted by atomic mass is 9.79. The molecule has 0 aliphatic carbocycles. The van der Waals surface area contributed by atoms with Crippen LogP contribution in [0.4, 0.5) is 0 Å². The second kappa shape index (κ2) is 14.3. The molecule has 4 rings (SSSR count). The molecule has 0 aromatic heterocycles. The zero-order chi connectivity index (χ0) is 29.6. The number of fused-ring (bicyclic) bond motifs is 2. The van der Waals surface area contributed by atoms with Gasteiger partial charge in [-0.05, 0) is 100 Å². The standard InChI is InChI=1S/C36H54N2O3/c1-8-10-11-15-26(3)28(5)29-23-32(40-34(39)17-14-21-38-20-13-12-16-27(38)4)35-30-25-37(19-9-2)22-18-31(30)36(6,7)41-33(35)24-29/h2,23-24,26-28H,8,10-22,25H2,1,3-7H3. The molecule has 3 unspecified atom stereocenters. The number of benzene rings is 1. The van der Waals surface area contributed by atoms with E-state index in [1.807, 2.05) is 0 Å². The summed E-state index contributed by atoms with van der Waals surface area (Å²) in [7, 11) is 0. The molecule has 0 N–H and O–H groups in total. The largest absolute Gasteiger partial charge is 0.483 e. The number of carbonyl (C=O) groups is 1. The number of likely N-dealkylation sites (tertiary alicyclic amines) is 1. The fourth-order valence-electron chi connectivity index (χ4n) is 7.03. The van der Waals surface area contributed by atoms with Crippen molar-refractivity contribution in [1.82, 2.24) is 9.80 Å². The lowest BCUT2D eigenvalue weighted by molar-refractivity contribution is -0.134. The van der Waals surface area contributed by atoms with E-state index >= 15 is 0 Å². The average molecular weight is 563 g/mol. The van der Waals surface area contributed by atoms with Gasteiger partial charge in [-0.25, -0.2) is 0 Å². The van der Waals surface area contributed by atoms with E-state index in [1.54, 1.807) is 0 Å². The van der Waals surface area contributed by atoms with Crippen LogP contribution in [-0.4, -0.2) is 60.1 Å². The molecule has 0 bridgehead atoms. The summed E-state index contributed by atoms with van der Waals surface area (Å²) in [5.41, 5.74) is 4.25. The Hall–Kier alpha value is -2.29. The van der Waals surface area contributed by atoms with Crippen molar-refractivity contribution in [3.05, 3.63) is 28.8 Å². The van der Waals surface area contributed by atoms with Crippen molar-refractivity contribution in [3.8, 4) is 23.8 Å². The van der Waals surface area contributed by atoms with E-state index in [0.717, 1.165) is 50.3 Å². The zero-order valence-corrected chi connectivity index (χ0v) is 26.7. The summed E-state index contributed by atoms with van der Waals surface area (Å²) in [6, 6.07) is 4.96. The molecule has 3 heterocycles. The number of terminal acetylenes is 1. The van der Waals surface area contributed by atoms with Crippen LogP contribution in [0.1, 0.15) is 123 Å². The van der Waals surface area contributed by atoms with Crippen LogP contribution >= 0.6 is 0 Å². The van der Waals surface area contributed by atoms with Gasteiger partial charge in [-0.15, -0.1) is 6.42 Å². The highest BCUT2D eigenvalue weighted by molar-refractivity contribution is 5.85. The minimum atomic E-state index is -0.411. The fraction of sp³-hybridized carbons (Fsp3) is 0.694. The molecule has 0 spiro atoms. The van der Waals surface area contributed by atoms with Gasteiger partial charge in [-0.1, -0.05) is 58.8 Å². The van der Waals surface area contributed by atoms with E-state index in [1.165, 1.54) is 61.7 Å². The molecule has 5 heteroatoms. The summed E-state index contributed by atoms with van der Waals surface area (Å²) in [6.07, 6.45) is 16.6. The maximum absolute atomic E-state index is 13.3. The summed E-state index contributed by atoms with van der Waals surface area (Å²) in [6.45, 7) is 17.9. The van der Waals surface area contributed by atoms with E-state index in [2.05, 4.69) is 69.4 Å². The maximum atomic E-state index is 13.3. The predicted molar refractivity (Wildman–Crippen MR) is 169 cm³/mol. The highest BCUT2D eigenvalue weighted by Gasteiger charge is 2.39. The third kappa shape index (κ3) is 7.76. The molecule has 3 aliphatic heterocycles. The molecular formula is C36H54N2O3. The summed E-state index contributed by atoms with van der Waals surface area (Å²) in [4.78, 5) is 18.2. The Labute approximate surface area is 250 Å². The normalized spacial score (nSPS) is 22.2. The summed E-state index contributed by atoms with van der Waals surface area (Å²) in [5, 5.41) is 0. The Morgan fingerprint density at radius 3 is 2.73 bits per heavy atom. The highest BCUT2D eigenvalue weighted by Crippen LogP contribution is 2.49. The molecular weight excluding hydrogens is 508 g/mol. The number of carbonyl (C=O) groups excluding carboxylic acids is 1. The van der Waals surface area contributed by atoms with Crippen LogP contribution in [0.2, 0.25) is 0 Å². The number of hydrogen-bond donors (Lipinski definition) is 0. The Bertz CT molecular complexity index is 1130. The molecule has 1 aromatic rings. The third-order valence-electron chi connectivity index (χ3n) is 9.85. The van der Waals surface area contributed by atoms with E-state index in [-0.39, 0.29) is 5.97 Å². The number of nitrogens with zero attached hydrogens (tertiary/aromatic N) is 2. The maximum Gasteiger partial charge on any atom is 0.311 e. The Balaban J connectivity index is 1.62. The SMILES string of the molecule is C#CCN1CCC2=C(C1)c1c(OC(=O)CCCN3CCCCC3C)cc(C(C)C(C)CCCCC)cc1OC2(C)C. The molecule has 3 atom stereocenters. The first-order valence-electron chi connectivity index (χ1n) is 16.3. The van der Waals surface area contributed by atoms with Crippen LogP contribution in [0.15, 0.2) is 17.7 Å². The van der Waals surface area contributed by atoms with Crippen LogP contribution in [0.3, 0.4) is 0 Å². The molecule has 0 amide bonds.